The average molecular weight is 255 g/mol. The molecule has 0 aliphatic heterocycles. The lowest BCUT2D eigenvalue weighted by atomic mass is 9.84. The highest BCUT2D eigenvalue weighted by molar-refractivity contribution is 9.10. The van der Waals surface area contributed by atoms with E-state index in [1.165, 1.54) is 34.9 Å². The molecule has 1 atom stereocenters. The third-order valence-electron chi connectivity index (χ3n) is 3.03. The molecule has 1 aromatic rings. The van der Waals surface area contributed by atoms with Gasteiger partial charge in [-0.1, -0.05) is 22.9 Å². The molecule has 1 aromatic carbocycles. The molecule has 1 aliphatic carbocycles. The van der Waals surface area contributed by atoms with Gasteiger partial charge in [0.25, 0.3) is 0 Å². The number of hydrogen-bond donors (Lipinski definition) is 0. The molecule has 0 saturated heterocycles. The lowest BCUT2D eigenvalue weighted by molar-refractivity contribution is 0.412. The van der Waals surface area contributed by atoms with Crippen LogP contribution in [0.2, 0.25) is 0 Å². The number of halogens is 1. The molecule has 0 saturated carbocycles. The van der Waals surface area contributed by atoms with E-state index in [4.69, 9.17) is 4.74 Å². The molecular weight excluding hydrogens is 240 g/mol. The number of methoxy groups -OCH3 is 1. The van der Waals surface area contributed by atoms with Gasteiger partial charge in [-0.15, -0.1) is 0 Å². The fraction of sp³-hybridized carbons (Fsp3) is 0.500. The monoisotopic (exact) mass is 254 g/mol. The molecular formula is C12H15BrO. The highest BCUT2D eigenvalue weighted by Crippen LogP contribution is 2.38. The minimum Gasteiger partial charge on any atom is -0.497 e. The van der Waals surface area contributed by atoms with E-state index in [9.17, 15) is 0 Å². The molecule has 2 rings (SSSR count). The summed E-state index contributed by atoms with van der Waals surface area (Å²) >= 11 is 3.62. The molecule has 0 spiro atoms. The van der Waals surface area contributed by atoms with Gasteiger partial charge in [-0.25, -0.2) is 0 Å². The van der Waals surface area contributed by atoms with E-state index in [1.54, 1.807) is 7.11 Å². The fourth-order valence-corrected chi connectivity index (χ4v) is 2.85. The Morgan fingerprint density at radius 2 is 2.21 bits per heavy atom. The van der Waals surface area contributed by atoms with Gasteiger partial charge < -0.3 is 4.74 Å². The summed E-state index contributed by atoms with van der Waals surface area (Å²) in [4.78, 5) is 0. The Kier molecular flexibility index (Phi) is 2.82. The zero-order valence-electron chi connectivity index (χ0n) is 8.64. The molecule has 2 heteroatoms. The van der Waals surface area contributed by atoms with Crippen molar-refractivity contribution >= 4 is 15.9 Å². The van der Waals surface area contributed by atoms with E-state index >= 15 is 0 Å². The van der Waals surface area contributed by atoms with Crippen LogP contribution < -0.4 is 4.74 Å². The van der Waals surface area contributed by atoms with Crippen LogP contribution in [0.15, 0.2) is 16.6 Å². The van der Waals surface area contributed by atoms with Gasteiger partial charge in [-0.2, -0.15) is 0 Å². The minimum atomic E-state index is 0.671. The molecule has 0 radical (unpaired) electrons. The number of rotatable bonds is 1. The first-order chi connectivity index (χ1) is 6.72. The van der Waals surface area contributed by atoms with Gasteiger partial charge in [0.2, 0.25) is 0 Å². The maximum atomic E-state index is 5.28. The van der Waals surface area contributed by atoms with E-state index in [-0.39, 0.29) is 0 Å². The molecule has 14 heavy (non-hydrogen) atoms. The molecule has 0 heterocycles. The maximum absolute atomic E-state index is 5.28. The quantitative estimate of drug-likeness (QED) is 0.739. The molecule has 76 valence electrons. The van der Waals surface area contributed by atoms with Crippen molar-refractivity contribution in [1.82, 2.24) is 0 Å². The van der Waals surface area contributed by atoms with Crippen molar-refractivity contribution < 1.29 is 4.74 Å². The van der Waals surface area contributed by atoms with Crippen molar-refractivity contribution in [2.45, 2.75) is 32.1 Å². The van der Waals surface area contributed by atoms with Crippen LogP contribution in [0.3, 0.4) is 0 Å². The van der Waals surface area contributed by atoms with Gasteiger partial charge in [-0.3, -0.25) is 0 Å². The second-order valence-electron chi connectivity index (χ2n) is 3.97. The van der Waals surface area contributed by atoms with Crippen molar-refractivity contribution in [2.75, 3.05) is 7.11 Å². The van der Waals surface area contributed by atoms with Crippen LogP contribution in [-0.2, 0) is 6.42 Å². The zero-order valence-corrected chi connectivity index (χ0v) is 10.2. The Hall–Kier alpha value is -0.500. The molecule has 1 aliphatic rings. The summed E-state index contributed by atoms with van der Waals surface area (Å²) in [6.07, 6.45) is 3.80. The molecule has 0 fully saturated rings. The second-order valence-corrected chi connectivity index (χ2v) is 4.82. The number of ether oxygens (including phenoxy) is 1. The van der Waals surface area contributed by atoms with Gasteiger partial charge in [0.1, 0.15) is 5.75 Å². The van der Waals surface area contributed by atoms with Gasteiger partial charge in [0, 0.05) is 4.47 Å². The molecule has 0 bridgehead atoms. The summed E-state index contributed by atoms with van der Waals surface area (Å²) in [5.74, 6) is 1.63. The van der Waals surface area contributed by atoms with Crippen LogP contribution in [0.1, 0.15) is 36.8 Å². The van der Waals surface area contributed by atoms with Gasteiger partial charge in [0.05, 0.1) is 7.11 Å². The average Bonchev–Trinajstić information content (AvgIpc) is 2.19. The van der Waals surface area contributed by atoms with Gasteiger partial charge >= 0.3 is 0 Å². The van der Waals surface area contributed by atoms with Crippen molar-refractivity contribution in [2.24, 2.45) is 0 Å². The van der Waals surface area contributed by atoms with E-state index in [0.29, 0.717) is 5.92 Å². The first kappa shape index (κ1) is 10.0. The van der Waals surface area contributed by atoms with Crippen LogP contribution in [0.25, 0.3) is 0 Å². The van der Waals surface area contributed by atoms with Crippen LogP contribution in [0, 0.1) is 0 Å². The second kappa shape index (κ2) is 3.93. The van der Waals surface area contributed by atoms with Crippen LogP contribution in [-0.4, -0.2) is 7.11 Å². The Balaban J connectivity index is 2.51. The first-order valence-corrected chi connectivity index (χ1v) is 5.88. The number of hydrogen-bond acceptors (Lipinski definition) is 1. The lowest BCUT2D eigenvalue weighted by Gasteiger charge is -2.24. The maximum Gasteiger partial charge on any atom is 0.120 e. The van der Waals surface area contributed by atoms with Crippen LogP contribution in [0.4, 0.5) is 0 Å². The highest BCUT2D eigenvalue weighted by Gasteiger charge is 2.19. The van der Waals surface area contributed by atoms with Crippen LogP contribution >= 0.6 is 15.9 Å². The Morgan fingerprint density at radius 1 is 1.43 bits per heavy atom. The summed E-state index contributed by atoms with van der Waals surface area (Å²) in [5, 5.41) is 0. The normalized spacial score (nSPS) is 20.4. The van der Waals surface area contributed by atoms with E-state index in [0.717, 1.165) is 5.75 Å². The molecule has 1 nitrogen and oxygen atoms in total. The van der Waals surface area contributed by atoms with Crippen molar-refractivity contribution in [3.63, 3.8) is 0 Å². The topological polar surface area (TPSA) is 9.23 Å². The fourth-order valence-electron chi connectivity index (χ4n) is 2.19. The smallest absolute Gasteiger partial charge is 0.120 e. The predicted octanol–water partition coefficient (Wildman–Crippen LogP) is 3.90. The van der Waals surface area contributed by atoms with Crippen LogP contribution in [0.5, 0.6) is 5.75 Å². The summed E-state index contributed by atoms with van der Waals surface area (Å²) in [6, 6.07) is 4.25. The predicted molar refractivity (Wildman–Crippen MR) is 62.0 cm³/mol. The third-order valence-corrected chi connectivity index (χ3v) is 3.74. The summed E-state index contributed by atoms with van der Waals surface area (Å²) < 4.78 is 6.49. The van der Waals surface area contributed by atoms with Crippen molar-refractivity contribution in [3.05, 3.63) is 27.7 Å². The van der Waals surface area contributed by atoms with Gasteiger partial charge in [0.15, 0.2) is 0 Å². The largest absolute Gasteiger partial charge is 0.497 e. The van der Waals surface area contributed by atoms with Gasteiger partial charge in [-0.05, 0) is 48.4 Å². The molecule has 0 amide bonds. The molecule has 0 N–H and O–H groups in total. The Bertz CT molecular complexity index is 346. The van der Waals surface area contributed by atoms with Crippen molar-refractivity contribution in [1.29, 1.82) is 0 Å². The zero-order chi connectivity index (χ0) is 10.1. The van der Waals surface area contributed by atoms with E-state index in [2.05, 4.69) is 35.0 Å². The minimum absolute atomic E-state index is 0.671. The summed E-state index contributed by atoms with van der Waals surface area (Å²) in [7, 11) is 1.72. The highest BCUT2D eigenvalue weighted by atomic mass is 79.9. The Morgan fingerprint density at radius 3 is 2.93 bits per heavy atom. The standard InChI is InChI=1S/C12H15BrO/c1-8-4-3-5-10-11(8)6-9(14-2)7-12(10)13/h6-8H,3-5H2,1-2H3. The lowest BCUT2D eigenvalue weighted by Crippen LogP contribution is -2.08. The third kappa shape index (κ3) is 1.68. The molecule has 0 aromatic heterocycles. The Labute approximate surface area is 93.6 Å². The summed E-state index contributed by atoms with van der Waals surface area (Å²) in [6.45, 7) is 2.30. The SMILES string of the molecule is COc1cc(Br)c2c(c1)C(C)CCC2. The number of fused-ring (bicyclic) bond motifs is 1. The number of benzene rings is 1. The van der Waals surface area contributed by atoms with E-state index < -0.39 is 0 Å². The van der Waals surface area contributed by atoms with Crippen molar-refractivity contribution in [3.8, 4) is 5.75 Å². The van der Waals surface area contributed by atoms with E-state index in [1.807, 2.05) is 0 Å². The first-order valence-electron chi connectivity index (χ1n) is 5.08. The molecule has 1 unspecified atom stereocenters. The summed E-state index contributed by atoms with van der Waals surface area (Å²) in [5.41, 5.74) is 2.94.